The van der Waals surface area contributed by atoms with E-state index in [0.717, 1.165) is 65.6 Å². The number of fused-ring (bicyclic) bond motifs is 2. The molecule has 4 aromatic heterocycles. The third kappa shape index (κ3) is 4.40. The third-order valence-corrected chi connectivity index (χ3v) is 6.91. The van der Waals surface area contributed by atoms with Crippen LogP contribution >= 0.6 is 0 Å². The first-order valence-corrected chi connectivity index (χ1v) is 12.3. The van der Waals surface area contributed by atoms with Crippen LogP contribution in [0.15, 0.2) is 86.4 Å². The molecule has 0 spiro atoms. The van der Waals surface area contributed by atoms with Crippen molar-refractivity contribution in [2.75, 3.05) is 18.4 Å². The molecule has 0 radical (unpaired) electrons. The van der Waals surface area contributed by atoms with Crippen molar-refractivity contribution in [3.8, 4) is 11.5 Å². The molecule has 0 amide bonds. The molecule has 0 bridgehead atoms. The number of hydrogen-bond acceptors (Lipinski definition) is 7. The minimum Gasteiger partial charge on any atom is -0.457 e. The molecule has 9 nitrogen and oxygen atoms in total. The van der Waals surface area contributed by atoms with Gasteiger partial charge in [-0.2, -0.15) is 10.2 Å². The number of benzene rings is 1. The van der Waals surface area contributed by atoms with Crippen LogP contribution in [0.25, 0.3) is 11.2 Å². The van der Waals surface area contributed by atoms with Crippen LogP contribution in [0.4, 0.5) is 11.5 Å². The lowest BCUT2D eigenvalue weighted by molar-refractivity contribution is 0.267. The topological polar surface area (TPSA) is 84.9 Å². The molecule has 186 valence electrons. The van der Waals surface area contributed by atoms with Gasteiger partial charge >= 0.3 is 0 Å². The molecule has 9 heteroatoms. The molecule has 1 aliphatic rings. The van der Waals surface area contributed by atoms with E-state index in [1.165, 1.54) is 11.9 Å². The van der Waals surface area contributed by atoms with Crippen LogP contribution < -0.4 is 10.1 Å². The highest BCUT2D eigenvalue weighted by Gasteiger charge is 2.25. The Bertz CT molecular complexity index is 1620. The lowest BCUT2D eigenvalue weighted by atomic mass is 9.91. The summed E-state index contributed by atoms with van der Waals surface area (Å²) >= 11 is 0. The van der Waals surface area contributed by atoms with Crippen molar-refractivity contribution in [3.05, 3.63) is 97.5 Å². The number of ether oxygens (including phenoxy) is 1. The molecule has 1 saturated heterocycles. The van der Waals surface area contributed by atoms with Crippen LogP contribution in [0.1, 0.15) is 29.9 Å². The van der Waals surface area contributed by atoms with Crippen molar-refractivity contribution < 1.29 is 4.74 Å². The maximum Gasteiger partial charge on any atom is 0.158 e. The Hall–Kier alpha value is -4.66. The second kappa shape index (κ2) is 9.42. The number of anilines is 2. The summed E-state index contributed by atoms with van der Waals surface area (Å²) in [6.45, 7) is 12.0. The van der Waals surface area contributed by atoms with Crippen LogP contribution in [0.2, 0.25) is 0 Å². The molecular weight excluding hydrogens is 464 g/mol. The van der Waals surface area contributed by atoms with Gasteiger partial charge in [0.05, 0.1) is 0 Å². The summed E-state index contributed by atoms with van der Waals surface area (Å²) in [4.78, 5) is 11.1. The predicted octanol–water partition coefficient (Wildman–Crippen LogP) is 5.50. The number of rotatable bonds is 7. The minimum absolute atomic E-state index is 0.363. The van der Waals surface area contributed by atoms with Crippen molar-refractivity contribution in [1.29, 1.82) is 0 Å². The second-order valence-electron chi connectivity index (χ2n) is 9.29. The molecule has 1 atom stereocenters. The smallest absolute Gasteiger partial charge is 0.158 e. The first-order valence-electron chi connectivity index (χ1n) is 12.3. The van der Waals surface area contributed by atoms with E-state index in [1.807, 2.05) is 54.2 Å². The summed E-state index contributed by atoms with van der Waals surface area (Å²) in [6, 6.07) is 11.9. The maximum atomic E-state index is 6.13. The Balaban J connectivity index is 1.25. The zero-order chi connectivity index (χ0) is 25.4. The van der Waals surface area contributed by atoms with E-state index in [1.54, 1.807) is 10.8 Å². The van der Waals surface area contributed by atoms with Crippen molar-refractivity contribution in [1.82, 2.24) is 34.1 Å². The molecule has 0 saturated carbocycles. The zero-order valence-corrected chi connectivity index (χ0v) is 20.7. The van der Waals surface area contributed by atoms with Gasteiger partial charge in [-0.1, -0.05) is 13.2 Å². The fraction of sp³-hybridized carbons (Fsp3) is 0.214. The van der Waals surface area contributed by atoms with Gasteiger partial charge in [0.1, 0.15) is 29.7 Å². The number of likely N-dealkylation sites (tertiary alicyclic amines) is 1. The van der Waals surface area contributed by atoms with Gasteiger partial charge in [0, 0.05) is 48.9 Å². The average Bonchev–Trinajstić information content (AvgIpc) is 3.57. The number of nitrogens with zero attached hydrogens (tertiary/aromatic N) is 7. The maximum absolute atomic E-state index is 6.13. The number of aryl methyl sites for hydroxylation is 1. The Labute approximate surface area is 214 Å². The molecule has 5 aromatic rings. The van der Waals surface area contributed by atoms with Crippen molar-refractivity contribution in [3.63, 3.8) is 0 Å². The van der Waals surface area contributed by atoms with Gasteiger partial charge in [0.15, 0.2) is 11.5 Å². The van der Waals surface area contributed by atoms with Gasteiger partial charge in [-0.3, -0.25) is 0 Å². The van der Waals surface area contributed by atoms with E-state index in [9.17, 15) is 0 Å². The third-order valence-electron chi connectivity index (χ3n) is 6.91. The molecule has 0 aliphatic carbocycles. The summed E-state index contributed by atoms with van der Waals surface area (Å²) in [6.07, 6.45) is 11.0. The van der Waals surface area contributed by atoms with E-state index in [4.69, 9.17) is 4.74 Å². The minimum atomic E-state index is 0.363. The van der Waals surface area contributed by atoms with Gasteiger partial charge in [-0.15, -0.1) is 0 Å². The number of piperidine rings is 1. The fourth-order valence-corrected chi connectivity index (χ4v) is 4.99. The van der Waals surface area contributed by atoms with Gasteiger partial charge in [-0.25, -0.2) is 19.0 Å². The Morgan fingerprint density at radius 1 is 1.08 bits per heavy atom. The highest BCUT2D eigenvalue weighted by Crippen LogP contribution is 2.35. The number of hydrogen-bond donors (Lipinski definition) is 1. The lowest BCUT2D eigenvalue weighted by Gasteiger charge is -2.34. The molecule has 1 N–H and O–H groups in total. The first-order chi connectivity index (χ1) is 18.1. The van der Waals surface area contributed by atoms with Crippen molar-refractivity contribution >= 4 is 22.7 Å². The molecule has 1 aromatic carbocycles. The Morgan fingerprint density at radius 2 is 1.92 bits per heavy atom. The highest BCUT2D eigenvalue weighted by atomic mass is 16.5. The van der Waals surface area contributed by atoms with Gasteiger partial charge in [0.2, 0.25) is 0 Å². The summed E-state index contributed by atoms with van der Waals surface area (Å²) in [7, 11) is 0. The Morgan fingerprint density at radius 3 is 2.78 bits per heavy atom. The van der Waals surface area contributed by atoms with Gasteiger partial charge < -0.3 is 15.0 Å². The summed E-state index contributed by atoms with van der Waals surface area (Å²) in [5.41, 5.74) is 5.87. The van der Waals surface area contributed by atoms with Crippen molar-refractivity contribution in [2.24, 2.45) is 0 Å². The Kier molecular flexibility index (Phi) is 5.80. The predicted molar refractivity (Wildman–Crippen MR) is 143 cm³/mol. The quantitative estimate of drug-likeness (QED) is 0.301. The second-order valence-corrected chi connectivity index (χ2v) is 9.29. The number of pyridine rings is 1. The lowest BCUT2D eigenvalue weighted by Crippen LogP contribution is -2.32. The summed E-state index contributed by atoms with van der Waals surface area (Å²) < 4.78 is 9.73. The summed E-state index contributed by atoms with van der Waals surface area (Å²) in [5, 5.41) is 12.1. The summed E-state index contributed by atoms with van der Waals surface area (Å²) in [5.74, 6) is 2.62. The molecule has 37 heavy (non-hydrogen) atoms. The molecule has 1 fully saturated rings. The van der Waals surface area contributed by atoms with E-state index in [0.29, 0.717) is 11.7 Å². The van der Waals surface area contributed by atoms with Gasteiger partial charge in [0.25, 0.3) is 0 Å². The molecule has 1 aliphatic heterocycles. The number of nitrogens with one attached hydrogen (secondary N) is 1. The van der Waals surface area contributed by atoms with Crippen LogP contribution in [-0.2, 0) is 0 Å². The number of allylic oxidation sites excluding steroid dienone is 1. The van der Waals surface area contributed by atoms with Crippen LogP contribution in [0.3, 0.4) is 0 Å². The molecule has 5 heterocycles. The van der Waals surface area contributed by atoms with Crippen LogP contribution in [-0.4, -0.2) is 47.2 Å². The van der Waals surface area contributed by atoms with Crippen LogP contribution in [0.5, 0.6) is 11.5 Å². The fourth-order valence-electron chi connectivity index (χ4n) is 4.99. The zero-order valence-electron chi connectivity index (χ0n) is 20.7. The number of aromatic nitrogens is 6. The molecule has 6 rings (SSSR count). The standard InChI is InChI=1S/C28H28N8O/c1-4-20(3)34-11-5-6-21(16-34)24-10-13-36-27(24)28(30-18-32-36)33-22-7-8-25(19(2)14-22)37-23-9-12-35-26(15-23)29-17-31-35/h4,7-10,12-15,17-18,21H,1,3,5-6,11,16H2,2H3,(H,30,32,33). The molecular formula is C28H28N8O. The SMILES string of the molecule is C=CC(=C)N1CCCC(c2ccn3ncnc(Nc4ccc(Oc5ccn6ncnc6c5)c(C)c4)c23)C1. The van der Waals surface area contributed by atoms with E-state index < -0.39 is 0 Å². The van der Waals surface area contributed by atoms with E-state index in [2.05, 4.69) is 55.7 Å². The van der Waals surface area contributed by atoms with E-state index >= 15 is 0 Å². The van der Waals surface area contributed by atoms with Crippen molar-refractivity contribution in [2.45, 2.75) is 25.7 Å². The monoisotopic (exact) mass is 492 g/mol. The van der Waals surface area contributed by atoms with Crippen LogP contribution in [0, 0.1) is 6.92 Å². The van der Waals surface area contributed by atoms with E-state index in [-0.39, 0.29) is 0 Å². The normalized spacial score (nSPS) is 15.7. The highest BCUT2D eigenvalue weighted by molar-refractivity contribution is 5.77. The first kappa shape index (κ1) is 22.8. The largest absolute Gasteiger partial charge is 0.457 e. The van der Waals surface area contributed by atoms with Gasteiger partial charge in [-0.05, 0) is 67.3 Å². The average molecular weight is 493 g/mol. The molecule has 1 unspecified atom stereocenters.